The van der Waals surface area contributed by atoms with E-state index in [1.807, 2.05) is 9.80 Å². The van der Waals surface area contributed by atoms with Gasteiger partial charge in [-0.1, -0.05) is 24.2 Å². The lowest BCUT2D eigenvalue weighted by atomic mass is 10.2. The molecular weight excluding hydrogens is 353 g/mol. The first-order chi connectivity index (χ1) is 11.9. The summed E-state index contributed by atoms with van der Waals surface area (Å²) >= 11 is 0.683. The highest BCUT2D eigenvalue weighted by Crippen LogP contribution is 2.36. The molecular formula is C16H23F3N4OS. The molecule has 2 aliphatic rings. The van der Waals surface area contributed by atoms with Crippen molar-refractivity contribution in [3.05, 3.63) is 11.1 Å². The molecule has 25 heavy (non-hydrogen) atoms. The van der Waals surface area contributed by atoms with Gasteiger partial charge in [0.1, 0.15) is 4.88 Å². The smallest absolute Gasteiger partial charge is 0.346 e. The number of aromatic nitrogens is 1. The van der Waals surface area contributed by atoms with Gasteiger partial charge in [-0.15, -0.1) is 0 Å². The van der Waals surface area contributed by atoms with Gasteiger partial charge in [0.25, 0.3) is 0 Å². The lowest BCUT2D eigenvalue weighted by Crippen LogP contribution is -2.50. The summed E-state index contributed by atoms with van der Waals surface area (Å²) in [4.78, 5) is 21.6. The van der Waals surface area contributed by atoms with Crippen LogP contribution in [0.15, 0.2) is 6.20 Å². The van der Waals surface area contributed by atoms with Crippen LogP contribution >= 0.6 is 11.3 Å². The summed E-state index contributed by atoms with van der Waals surface area (Å²) in [5.74, 6) is 0.170. The predicted octanol–water partition coefficient (Wildman–Crippen LogP) is 2.69. The second kappa shape index (κ2) is 7.90. The van der Waals surface area contributed by atoms with E-state index < -0.39 is 11.1 Å². The van der Waals surface area contributed by atoms with Crippen molar-refractivity contribution in [2.24, 2.45) is 0 Å². The van der Waals surface area contributed by atoms with Crippen molar-refractivity contribution >= 4 is 22.4 Å². The Bertz CT molecular complexity index is 576. The number of thiazole rings is 1. The van der Waals surface area contributed by atoms with Crippen LogP contribution in [0, 0.1) is 0 Å². The van der Waals surface area contributed by atoms with Crippen LogP contribution in [0.1, 0.15) is 30.6 Å². The number of piperazine rings is 1. The highest BCUT2D eigenvalue weighted by atomic mass is 32.1. The largest absolute Gasteiger partial charge is 0.427 e. The van der Waals surface area contributed by atoms with Gasteiger partial charge in [0, 0.05) is 39.3 Å². The number of anilines is 1. The van der Waals surface area contributed by atoms with Gasteiger partial charge in [-0.05, 0) is 12.8 Å². The zero-order valence-electron chi connectivity index (χ0n) is 14.1. The minimum Gasteiger partial charge on any atom is -0.346 e. The molecule has 5 nitrogen and oxygen atoms in total. The van der Waals surface area contributed by atoms with Crippen molar-refractivity contribution < 1.29 is 18.0 Å². The fraction of sp³-hybridized carbons (Fsp3) is 0.750. The molecule has 0 bridgehead atoms. The molecule has 1 aromatic heterocycles. The summed E-state index contributed by atoms with van der Waals surface area (Å²) in [6.07, 6.45) is 1.09. The molecule has 0 atom stereocenters. The molecule has 0 N–H and O–H groups in total. The summed E-state index contributed by atoms with van der Waals surface area (Å²) < 4.78 is 38.0. The van der Waals surface area contributed by atoms with Crippen LogP contribution in [-0.4, -0.2) is 66.5 Å². The van der Waals surface area contributed by atoms with Crippen LogP contribution in [0.4, 0.5) is 18.3 Å². The van der Waals surface area contributed by atoms with Crippen LogP contribution in [0.3, 0.4) is 0 Å². The van der Waals surface area contributed by atoms with Crippen molar-refractivity contribution in [3.8, 4) is 0 Å². The second-order valence-electron chi connectivity index (χ2n) is 6.56. The van der Waals surface area contributed by atoms with Crippen molar-refractivity contribution in [1.29, 1.82) is 0 Å². The minimum absolute atomic E-state index is 0.170. The number of rotatable bonds is 3. The zero-order valence-corrected chi connectivity index (χ0v) is 14.9. The molecule has 0 spiro atoms. The fourth-order valence-electron chi connectivity index (χ4n) is 3.25. The first-order valence-electron chi connectivity index (χ1n) is 8.71. The van der Waals surface area contributed by atoms with E-state index in [-0.39, 0.29) is 5.91 Å². The molecule has 3 rings (SSSR count). The SMILES string of the molecule is O=C(CN1CCN(c2ncc(C(F)(F)F)s2)CC1)N1CCCCCC1. The molecule has 2 fully saturated rings. The first kappa shape index (κ1) is 18.4. The van der Waals surface area contributed by atoms with Gasteiger partial charge in [-0.25, -0.2) is 4.98 Å². The Balaban J connectivity index is 1.48. The fourth-order valence-corrected chi connectivity index (χ4v) is 4.09. The molecule has 9 heteroatoms. The van der Waals surface area contributed by atoms with Gasteiger partial charge in [-0.3, -0.25) is 9.69 Å². The summed E-state index contributed by atoms with van der Waals surface area (Å²) in [5.41, 5.74) is 0. The number of amides is 1. The van der Waals surface area contributed by atoms with Gasteiger partial charge >= 0.3 is 6.18 Å². The predicted molar refractivity (Wildman–Crippen MR) is 90.8 cm³/mol. The van der Waals surface area contributed by atoms with E-state index in [2.05, 4.69) is 9.88 Å². The first-order valence-corrected chi connectivity index (χ1v) is 9.53. The highest BCUT2D eigenvalue weighted by Gasteiger charge is 2.34. The maximum absolute atomic E-state index is 12.7. The maximum Gasteiger partial charge on any atom is 0.427 e. The number of nitrogens with zero attached hydrogens (tertiary/aromatic N) is 4. The van der Waals surface area contributed by atoms with Crippen molar-refractivity contribution in [1.82, 2.24) is 14.8 Å². The van der Waals surface area contributed by atoms with Gasteiger partial charge < -0.3 is 9.80 Å². The molecule has 1 aromatic rings. The van der Waals surface area contributed by atoms with Gasteiger partial charge in [-0.2, -0.15) is 13.2 Å². The summed E-state index contributed by atoms with van der Waals surface area (Å²) in [6, 6.07) is 0. The average molecular weight is 376 g/mol. The maximum atomic E-state index is 12.7. The molecule has 2 saturated heterocycles. The molecule has 2 aliphatic heterocycles. The highest BCUT2D eigenvalue weighted by molar-refractivity contribution is 7.15. The number of alkyl halides is 3. The third-order valence-electron chi connectivity index (χ3n) is 4.73. The van der Waals surface area contributed by atoms with Crippen molar-refractivity contribution in [2.75, 3.05) is 50.7 Å². The Morgan fingerprint density at radius 2 is 1.68 bits per heavy atom. The monoisotopic (exact) mass is 376 g/mol. The Hall–Kier alpha value is -1.35. The third kappa shape index (κ3) is 4.84. The zero-order chi connectivity index (χ0) is 17.9. The number of hydrogen-bond donors (Lipinski definition) is 0. The quantitative estimate of drug-likeness (QED) is 0.813. The molecule has 0 radical (unpaired) electrons. The van der Waals surface area contributed by atoms with E-state index in [0.717, 1.165) is 32.1 Å². The molecule has 0 aromatic carbocycles. The van der Waals surface area contributed by atoms with E-state index in [1.165, 1.54) is 12.8 Å². The standard InChI is InChI=1S/C16H23F3N4OS/c17-16(18,19)13-11-20-15(25-13)23-9-7-21(8-10-23)12-14(24)22-5-3-1-2-4-6-22/h11H,1-10,12H2. The molecule has 3 heterocycles. The average Bonchev–Trinajstić information content (AvgIpc) is 2.92. The Morgan fingerprint density at radius 3 is 2.24 bits per heavy atom. The number of hydrogen-bond acceptors (Lipinski definition) is 5. The number of halogens is 3. The molecule has 0 unspecified atom stereocenters. The van der Waals surface area contributed by atoms with Crippen LogP contribution in [0.2, 0.25) is 0 Å². The third-order valence-corrected chi connectivity index (χ3v) is 5.84. The number of likely N-dealkylation sites (tertiary alicyclic amines) is 1. The van der Waals surface area contributed by atoms with Gasteiger partial charge in [0.15, 0.2) is 5.13 Å². The normalized spacial score (nSPS) is 20.6. The summed E-state index contributed by atoms with van der Waals surface area (Å²) in [6.45, 7) is 4.62. The van der Waals surface area contributed by atoms with Crippen LogP contribution in [0.5, 0.6) is 0 Å². The van der Waals surface area contributed by atoms with E-state index in [9.17, 15) is 18.0 Å². The Labute approximate surface area is 149 Å². The van der Waals surface area contributed by atoms with Crippen molar-refractivity contribution in [2.45, 2.75) is 31.9 Å². The van der Waals surface area contributed by atoms with Crippen LogP contribution < -0.4 is 4.90 Å². The molecule has 0 aliphatic carbocycles. The Kier molecular flexibility index (Phi) is 5.83. The molecule has 0 saturated carbocycles. The number of carbonyl (C=O) groups is 1. The summed E-state index contributed by atoms with van der Waals surface area (Å²) in [5, 5.41) is 0.408. The Morgan fingerprint density at radius 1 is 1.04 bits per heavy atom. The minimum atomic E-state index is -4.34. The lowest BCUT2D eigenvalue weighted by molar-refractivity contribution is -0.134. The second-order valence-corrected chi connectivity index (χ2v) is 7.57. The van der Waals surface area contributed by atoms with Gasteiger partial charge in [0.2, 0.25) is 5.91 Å². The molecule has 1 amide bonds. The molecule has 140 valence electrons. The topological polar surface area (TPSA) is 39.7 Å². The van der Waals surface area contributed by atoms with Crippen LogP contribution in [0.25, 0.3) is 0 Å². The van der Waals surface area contributed by atoms with E-state index in [4.69, 9.17) is 0 Å². The lowest BCUT2D eigenvalue weighted by Gasteiger charge is -2.35. The summed E-state index contributed by atoms with van der Waals surface area (Å²) in [7, 11) is 0. The van der Waals surface area contributed by atoms with Crippen LogP contribution in [-0.2, 0) is 11.0 Å². The number of carbonyl (C=O) groups excluding carboxylic acids is 1. The van der Waals surface area contributed by atoms with E-state index in [0.29, 0.717) is 49.2 Å². The van der Waals surface area contributed by atoms with Crippen molar-refractivity contribution in [3.63, 3.8) is 0 Å². The van der Waals surface area contributed by atoms with E-state index in [1.54, 1.807) is 0 Å². The van der Waals surface area contributed by atoms with E-state index >= 15 is 0 Å². The van der Waals surface area contributed by atoms with Gasteiger partial charge in [0.05, 0.1) is 12.7 Å².